The Kier molecular flexibility index (Phi) is 6.04. The second kappa shape index (κ2) is 9.06. The number of carbonyl (C=O) groups is 2. The van der Waals surface area contributed by atoms with Crippen molar-refractivity contribution in [1.29, 1.82) is 0 Å². The highest BCUT2D eigenvalue weighted by atomic mass is 32.2. The number of aromatic nitrogens is 2. The Morgan fingerprint density at radius 1 is 1.17 bits per heavy atom. The maximum Gasteiger partial charge on any atom is 0.325 e. The molecule has 0 radical (unpaired) electrons. The molecular formula is C23H24N6O5S2. The van der Waals surface area contributed by atoms with E-state index in [0.717, 1.165) is 11.3 Å². The first-order chi connectivity index (χ1) is 17.2. The standard InChI is InChI=1S/C23H24N6O5S2/c1-23(2)20(30)27-22(31)28(23)12-11-25-21-24-10-9-15(26-21)18-7-8-19(35-18)36(32,33)29-13-14-34-17-6-4-3-5-16(17)29/h3-10H,11-14H2,1-2H3,(H,24,25,26)(H,27,30,31). The van der Waals surface area contributed by atoms with Gasteiger partial charge in [0.1, 0.15) is 22.1 Å². The zero-order valence-electron chi connectivity index (χ0n) is 19.6. The van der Waals surface area contributed by atoms with Crippen LogP contribution in [0.3, 0.4) is 0 Å². The molecule has 2 aliphatic rings. The zero-order valence-corrected chi connectivity index (χ0v) is 21.2. The second-order valence-electron chi connectivity index (χ2n) is 8.67. The van der Waals surface area contributed by atoms with Gasteiger partial charge in [-0.1, -0.05) is 12.1 Å². The van der Waals surface area contributed by atoms with Gasteiger partial charge < -0.3 is 15.0 Å². The molecule has 1 saturated heterocycles. The molecule has 188 valence electrons. The number of amides is 3. The van der Waals surface area contributed by atoms with Crippen LogP contribution >= 0.6 is 11.3 Å². The first-order valence-electron chi connectivity index (χ1n) is 11.2. The van der Waals surface area contributed by atoms with Crippen molar-refractivity contribution in [3.63, 3.8) is 0 Å². The van der Waals surface area contributed by atoms with E-state index in [0.29, 0.717) is 34.5 Å². The number of thiophene rings is 1. The molecule has 4 heterocycles. The van der Waals surface area contributed by atoms with Crippen LogP contribution in [0.1, 0.15) is 13.8 Å². The van der Waals surface area contributed by atoms with Gasteiger partial charge in [-0.05, 0) is 44.2 Å². The highest BCUT2D eigenvalue weighted by Crippen LogP contribution is 2.38. The van der Waals surface area contributed by atoms with Crippen LogP contribution in [0.4, 0.5) is 16.4 Å². The third-order valence-electron chi connectivity index (χ3n) is 6.03. The van der Waals surface area contributed by atoms with E-state index >= 15 is 0 Å². The highest BCUT2D eigenvalue weighted by Gasteiger charge is 2.45. The van der Waals surface area contributed by atoms with Crippen molar-refractivity contribution in [1.82, 2.24) is 20.2 Å². The first-order valence-corrected chi connectivity index (χ1v) is 13.5. The lowest BCUT2D eigenvalue weighted by molar-refractivity contribution is -0.125. The Morgan fingerprint density at radius 2 is 1.97 bits per heavy atom. The number of rotatable bonds is 7. The number of anilines is 2. The predicted octanol–water partition coefficient (Wildman–Crippen LogP) is 2.54. The van der Waals surface area contributed by atoms with Gasteiger partial charge in [-0.3, -0.25) is 14.4 Å². The molecule has 13 heteroatoms. The van der Waals surface area contributed by atoms with Crippen LogP contribution in [-0.2, 0) is 14.8 Å². The normalized spacial score (nSPS) is 16.9. The monoisotopic (exact) mass is 528 g/mol. The fourth-order valence-electron chi connectivity index (χ4n) is 4.03. The van der Waals surface area contributed by atoms with Crippen molar-refractivity contribution in [2.45, 2.75) is 23.6 Å². The minimum Gasteiger partial charge on any atom is -0.489 e. The van der Waals surface area contributed by atoms with E-state index in [1.54, 1.807) is 62.5 Å². The van der Waals surface area contributed by atoms with Crippen LogP contribution in [0, 0.1) is 0 Å². The van der Waals surface area contributed by atoms with Crippen molar-refractivity contribution in [2.75, 3.05) is 35.9 Å². The summed E-state index contributed by atoms with van der Waals surface area (Å²) in [6.45, 7) is 4.48. The van der Waals surface area contributed by atoms with Crippen molar-refractivity contribution in [3.8, 4) is 16.3 Å². The van der Waals surface area contributed by atoms with Crippen molar-refractivity contribution in [2.24, 2.45) is 0 Å². The average molecular weight is 529 g/mol. The van der Waals surface area contributed by atoms with Gasteiger partial charge in [0.15, 0.2) is 0 Å². The molecule has 0 aliphatic carbocycles. The number of sulfonamides is 1. The molecule has 2 aliphatic heterocycles. The fourth-order valence-corrected chi connectivity index (χ4v) is 6.88. The molecular weight excluding hydrogens is 504 g/mol. The smallest absolute Gasteiger partial charge is 0.325 e. The SMILES string of the molecule is CC1(C)C(=O)NC(=O)N1CCNc1nccc(-c2ccc(S(=O)(=O)N3CCOc4ccccc43)s2)n1. The molecule has 0 bridgehead atoms. The van der Waals surface area contributed by atoms with Crippen molar-refractivity contribution >= 4 is 44.9 Å². The zero-order chi connectivity index (χ0) is 25.5. The molecule has 3 aromatic rings. The lowest BCUT2D eigenvalue weighted by Gasteiger charge is -2.29. The molecule has 0 spiro atoms. The minimum atomic E-state index is -3.78. The minimum absolute atomic E-state index is 0.203. The second-order valence-corrected chi connectivity index (χ2v) is 11.8. The number of imide groups is 1. The van der Waals surface area contributed by atoms with Crippen LogP contribution in [-0.4, -0.2) is 67.0 Å². The lowest BCUT2D eigenvalue weighted by Crippen LogP contribution is -2.46. The Balaban J connectivity index is 1.30. The summed E-state index contributed by atoms with van der Waals surface area (Å²) in [4.78, 5) is 34.8. The van der Waals surface area contributed by atoms with E-state index < -0.39 is 21.6 Å². The van der Waals surface area contributed by atoms with Crippen LogP contribution in [0.5, 0.6) is 5.75 Å². The number of benzene rings is 1. The largest absolute Gasteiger partial charge is 0.489 e. The number of hydrogen-bond acceptors (Lipinski definition) is 9. The van der Waals surface area contributed by atoms with E-state index in [-0.39, 0.29) is 29.8 Å². The molecule has 0 atom stereocenters. The van der Waals surface area contributed by atoms with Crippen LogP contribution < -0.4 is 19.7 Å². The van der Waals surface area contributed by atoms with Gasteiger partial charge in [0.05, 0.1) is 22.8 Å². The highest BCUT2D eigenvalue weighted by molar-refractivity contribution is 7.94. The number of hydrogen-bond donors (Lipinski definition) is 2. The number of nitrogens with zero attached hydrogens (tertiary/aromatic N) is 4. The molecule has 11 nitrogen and oxygen atoms in total. The lowest BCUT2D eigenvalue weighted by atomic mass is 10.0. The van der Waals surface area contributed by atoms with Gasteiger partial charge in [-0.2, -0.15) is 0 Å². The number of urea groups is 1. The third kappa shape index (κ3) is 4.24. The molecule has 5 rings (SSSR count). The van der Waals surface area contributed by atoms with Crippen LogP contribution in [0.2, 0.25) is 0 Å². The Labute approximate surface area is 212 Å². The quantitative estimate of drug-likeness (QED) is 0.447. The molecule has 0 unspecified atom stereocenters. The van der Waals surface area contributed by atoms with Gasteiger partial charge in [-0.25, -0.2) is 23.2 Å². The summed E-state index contributed by atoms with van der Waals surface area (Å²) in [5, 5.41) is 5.37. The van der Waals surface area contributed by atoms with Gasteiger partial charge in [0, 0.05) is 19.3 Å². The summed E-state index contributed by atoms with van der Waals surface area (Å²) in [7, 11) is -3.78. The number of carbonyl (C=O) groups excluding carboxylic acids is 2. The third-order valence-corrected chi connectivity index (χ3v) is 9.42. The summed E-state index contributed by atoms with van der Waals surface area (Å²) in [6.07, 6.45) is 1.58. The predicted molar refractivity (Wildman–Crippen MR) is 135 cm³/mol. The van der Waals surface area contributed by atoms with Gasteiger partial charge in [-0.15, -0.1) is 11.3 Å². The summed E-state index contributed by atoms with van der Waals surface area (Å²) in [5.74, 6) is 0.528. The molecule has 2 N–H and O–H groups in total. The summed E-state index contributed by atoms with van der Waals surface area (Å²) in [5.41, 5.74) is 0.154. The summed E-state index contributed by atoms with van der Waals surface area (Å²) < 4.78 is 34.0. The van der Waals surface area contributed by atoms with E-state index in [4.69, 9.17) is 4.74 Å². The number of ether oxygens (including phenoxy) is 1. The van der Waals surface area contributed by atoms with Gasteiger partial charge >= 0.3 is 6.03 Å². The summed E-state index contributed by atoms with van der Waals surface area (Å²) in [6, 6.07) is 11.6. The number of para-hydroxylation sites is 2. The molecule has 1 fully saturated rings. The Hall–Kier alpha value is -3.71. The maximum atomic E-state index is 13.4. The van der Waals surface area contributed by atoms with Gasteiger partial charge in [0.2, 0.25) is 5.95 Å². The molecule has 0 saturated carbocycles. The van der Waals surface area contributed by atoms with Gasteiger partial charge in [0.25, 0.3) is 15.9 Å². The number of nitrogens with one attached hydrogen (secondary N) is 2. The Morgan fingerprint density at radius 3 is 2.75 bits per heavy atom. The number of fused-ring (bicyclic) bond motifs is 1. The molecule has 36 heavy (non-hydrogen) atoms. The van der Waals surface area contributed by atoms with E-state index in [1.807, 2.05) is 0 Å². The van der Waals surface area contributed by atoms with E-state index in [9.17, 15) is 18.0 Å². The van der Waals surface area contributed by atoms with Crippen molar-refractivity contribution in [3.05, 3.63) is 48.7 Å². The summed E-state index contributed by atoms with van der Waals surface area (Å²) >= 11 is 1.13. The molecule has 3 amide bonds. The molecule has 2 aromatic heterocycles. The molecule has 1 aromatic carbocycles. The maximum absolute atomic E-state index is 13.4. The topological polar surface area (TPSA) is 134 Å². The van der Waals surface area contributed by atoms with E-state index in [2.05, 4.69) is 20.6 Å². The first kappa shape index (κ1) is 24.0. The van der Waals surface area contributed by atoms with Crippen LogP contribution in [0.25, 0.3) is 10.6 Å². The Bertz CT molecular complexity index is 1440. The van der Waals surface area contributed by atoms with Crippen LogP contribution in [0.15, 0.2) is 52.9 Å². The average Bonchev–Trinajstić information content (AvgIpc) is 3.44. The fraction of sp³-hybridized carbons (Fsp3) is 0.304. The van der Waals surface area contributed by atoms with E-state index in [1.165, 1.54) is 9.21 Å². The van der Waals surface area contributed by atoms with Crippen molar-refractivity contribution < 1.29 is 22.7 Å².